The van der Waals surface area contributed by atoms with Crippen LogP contribution < -0.4 is 4.74 Å². The van der Waals surface area contributed by atoms with E-state index in [0.717, 1.165) is 20.2 Å². The minimum atomic E-state index is -0.956. The molecule has 0 bridgehead atoms. The molecule has 23 heavy (non-hydrogen) atoms. The van der Waals surface area contributed by atoms with E-state index in [9.17, 15) is 9.90 Å². The standard InChI is InChI=1S/C14H10Cl2IN3O3/c15-7-5-9(23-4-1-18)10-12(17)8-6-19(14(21)22)2-3-20(8)13(10)11(7)16/h5H,2-4,6H2,(H,21,22). The number of carbonyl (C=O) groups is 1. The Morgan fingerprint density at radius 2 is 2.22 bits per heavy atom. The number of hydrogen-bond acceptors (Lipinski definition) is 3. The molecule has 1 aliphatic heterocycles. The van der Waals surface area contributed by atoms with Crippen LogP contribution in [-0.2, 0) is 13.1 Å². The summed E-state index contributed by atoms with van der Waals surface area (Å²) in [5.74, 6) is 0.476. The molecule has 1 N–H and O–H groups in total. The molecule has 1 aromatic heterocycles. The van der Waals surface area contributed by atoms with E-state index in [4.69, 9.17) is 33.2 Å². The first-order valence-electron chi connectivity index (χ1n) is 6.62. The summed E-state index contributed by atoms with van der Waals surface area (Å²) in [5.41, 5.74) is 1.57. The average Bonchev–Trinajstić information content (AvgIpc) is 2.82. The molecule has 0 fully saturated rings. The quantitative estimate of drug-likeness (QED) is 0.681. The Bertz CT molecular complexity index is 860. The smallest absolute Gasteiger partial charge is 0.407 e. The highest BCUT2D eigenvalue weighted by molar-refractivity contribution is 14.1. The lowest BCUT2D eigenvalue weighted by Crippen LogP contribution is -2.37. The summed E-state index contributed by atoms with van der Waals surface area (Å²) in [7, 11) is 0. The topological polar surface area (TPSA) is 78.5 Å². The molecular weight excluding hydrogens is 456 g/mol. The molecule has 0 atom stereocenters. The lowest BCUT2D eigenvalue weighted by atomic mass is 10.2. The summed E-state index contributed by atoms with van der Waals surface area (Å²) in [6.45, 7) is 1.02. The summed E-state index contributed by atoms with van der Waals surface area (Å²) in [6.07, 6.45) is -0.956. The van der Waals surface area contributed by atoms with Gasteiger partial charge in [-0.3, -0.25) is 0 Å². The van der Waals surface area contributed by atoms with Crippen molar-refractivity contribution in [2.75, 3.05) is 13.2 Å². The number of aromatic nitrogens is 1. The fourth-order valence-electron chi connectivity index (χ4n) is 2.72. The van der Waals surface area contributed by atoms with E-state index in [1.54, 1.807) is 6.07 Å². The fraction of sp³-hybridized carbons (Fsp3) is 0.286. The first-order valence-corrected chi connectivity index (χ1v) is 8.45. The van der Waals surface area contributed by atoms with Crippen molar-refractivity contribution >= 4 is 62.8 Å². The van der Waals surface area contributed by atoms with Crippen LogP contribution in [0.15, 0.2) is 6.07 Å². The Labute approximate surface area is 155 Å². The van der Waals surface area contributed by atoms with Gasteiger partial charge in [-0.2, -0.15) is 5.26 Å². The molecule has 6 nitrogen and oxygen atoms in total. The molecule has 1 amide bonds. The number of hydrogen-bond donors (Lipinski definition) is 1. The molecule has 0 spiro atoms. The fourth-order valence-corrected chi connectivity index (χ4v) is 4.15. The average molecular weight is 466 g/mol. The predicted octanol–water partition coefficient (Wildman–Crippen LogP) is 3.95. The van der Waals surface area contributed by atoms with E-state index in [1.165, 1.54) is 4.90 Å². The minimum Gasteiger partial charge on any atom is -0.478 e. The van der Waals surface area contributed by atoms with E-state index in [2.05, 4.69) is 22.6 Å². The normalized spacial score (nSPS) is 13.7. The van der Waals surface area contributed by atoms with Crippen molar-refractivity contribution in [3.05, 3.63) is 25.4 Å². The number of ether oxygens (including phenoxy) is 1. The third-order valence-corrected chi connectivity index (χ3v) is 5.66. The zero-order valence-electron chi connectivity index (χ0n) is 11.6. The van der Waals surface area contributed by atoms with Gasteiger partial charge in [0, 0.05) is 22.7 Å². The van der Waals surface area contributed by atoms with Gasteiger partial charge in [-0.1, -0.05) is 23.2 Å². The van der Waals surface area contributed by atoms with Gasteiger partial charge in [0.25, 0.3) is 0 Å². The lowest BCUT2D eigenvalue weighted by molar-refractivity contribution is 0.133. The van der Waals surface area contributed by atoms with Gasteiger partial charge in [-0.05, 0) is 22.6 Å². The van der Waals surface area contributed by atoms with Gasteiger partial charge >= 0.3 is 6.09 Å². The third kappa shape index (κ3) is 2.69. The second-order valence-corrected chi connectivity index (χ2v) is 6.82. The molecule has 0 saturated carbocycles. The molecular formula is C14H10Cl2IN3O3. The van der Waals surface area contributed by atoms with Crippen LogP contribution in [0, 0.1) is 14.9 Å². The first-order chi connectivity index (χ1) is 11.0. The number of fused-ring (bicyclic) bond motifs is 3. The van der Waals surface area contributed by atoms with Gasteiger partial charge in [-0.25, -0.2) is 4.79 Å². The molecule has 0 unspecified atom stereocenters. The van der Waals surface area contributed by atoms with Crippen LogP contribution in [-0.4, -0.2) is 33.8 Å². The monoisotopic (exact) mass is 465 g/mol. The highest BCUT2D eigenvalue weighted by atomic mass is 127. The van der Waals surface area contributed by atoms with Crippen molar-refractivity contribution in [1.29, 1.82) is 5.26 Å². The second kappa shape index (κ2) is 6.26. The van der Waals surface area contributed by atoms with Crippen LogP contribution in [0.3, 0.4) is 0 Å². The third-order valence-electron chi connectivity index (χ3n) is 3.72. The summed E-state index contributed by atoms with van der Waals surface area (Å²) in [4.78, 5) is 12.6. The van der Waals surface area contributed by atoms with Gasteiger partial charge in [0.1, 0.15) is 11.8 Å². The molecule has 2 heterocycles. The minimum absolute atomic E-state index is 0.106. The molecule has 0 radical (unpaired) electrons. The molecule has 9 heteroatoms. The van der Waals surface area contributed by atoms with Gasteiger partial charge in [0.15, 0.2) is 6.61 Å². The number of amides is 1. The summed E-state index contributed by atoms with van der Waals surface area (Å²) < 4.78 is 8.32. The maximum atomic E-state index is 11.2. The Hall–Kier alpha value is -1.37. The van der Waals surface area contributed by atoms with Crippen molar-refractivity contribution in [2.45, 2.75) is 13.1 Å². The highest BCUT2D eigenvalue weighted by Gasteiger charge is 2.28. The van der Waals surface area contributed by atoms with Crippen molar-refractivity contribution < 1.29 is 14.6 Å². The van der Waals surface area contributed by atoms with Crippen molar-refractivity contribution in [3.63, 3.8) is 0 Å². The van der Waals surface area contributed by atoms with E-state index in [1.807, 2.05) is 10.6 Å². The second-order valence-electron chi connectivity index (χ2n) is 4.96. The summed E-state index contributed by atoms with van der Waals surface area (Å²) >= 11 is 14.7. The van der Waals surface area contributed by atoms with Crippen LogP contribution >= 0.6 is 45.8 Å². The zero-order valence-corrected chi connectivity index (χ0v) is 15.3. The maximum absolute atomic E-state index is 11.2. The summed E-state index contributed by atoms with van der Waals surface area (Å²) in [5, 5.41) is 19.4. The van der Waals surface area contributed by atoms with Gasteiger partial charge in [-0.15, -0.1) is 0 Å². The van der Waals surface area contributed by atoms with Crippen LogP contribution in [0.2, 0.25) is 10.0 Å². The highest BCUT2D eigenvalue weighted by Crippen LogP contribution is 2.43. The van der Waals surface area contributed by atoms with Crippen molar-refractivity contribution in [3.8, 4) is 11.8 Å². The number of nitrogens with zero attached hydrogens (tertiary/aromatic N) is 3. The number of carboxylic acid groups (broad SMARTS) is 1. The number of nitriles is 1. The Balaban J connectivity index is 2.25. The van der Waals surface area contributed by atoms with Crippen LogP contribution in [0.25, 0.3) is 10.9 Å². The van der Waals surface area contributed by atoms with Crippen molar-refractivity contribution in [1.82, 2.24) is 9.47 Å². The maximum Gasteiger partial charge on any atom is 0.407 e. The molecule has 3 rings (SSSR count). The number of benzene rings is 1. The molecule has 0 aliphatic carbocycles. The Morgan fingerprint density at radius 3 is 2.87 bits per heavy atom. The molecule has 0 saturated heterocycles. The summed E-state index contributed by atoms with van der Waals surface area (Å²) in [6, 6.07) is 3.51. The van der Waals surface area contributed by atoms with Crippen LogP contribution in [0.1, 0.15) is 5.69 Å². The van der Waals surface area contributed by atoms with Gasteiger partial charge in [0.2, 0.25) is 0 Å². The number of rotatable bonds is 2. The molecule has 1 aromatic carbocycles. The Morgan fingerprint density at radius 1 is 1.48 bits per heavy atom. The molecule has 1 aliphatic rings. The van der Waals surface area contributed by atoms with Crippen LogP contribution in [0.4, 0.5) is 4.79 Å². The Kier molecular flexibility index (Phi) is 4.49. The molecule has 120 valence electrons. The van der Waals surface area contributed by atoms with Crippen LogP contribution in [0.5, 0.6) is 5.75 Å². The van der Waals surface area contributed by atoms with E-state index >= 15 is 0 Å². The zero-order chi connectivity index (χ0) is 16.7. The SMILES string of the molecule is N#CCOc1cc(Cl)c(Cl)c2c1c(I)c1n2CCN(C(=O)O)C1. The largest absolute Gasteiger partial charge is 0.478 e. The van der Waals surface area contributed by atoms with Gasteiger partial charge in [0.05, 0.1) is 33.2 Å². The number of halogens is 3. The van der Waals surface area contributed by atoms with E-state index in [-0.39, 0.29) is 13.2 Å². The van der Waals surface area contributed by atoms with Gasteiger partial charge < -0.3 is 19.3 Å². The lowest BCUT2D eigenvalue weighted by Gasteiger charge is -2.27. The first kappa shape index (κ1) is 16.5. The van der Waals surface area contributed by atoms with E-state index in [0.29, 0.717) is 28.9 Å². The van der Waals surface area contributed by atoms with Crippen molar-refractivity contribution in [2.24, 2.45) is 0 Å². The predicted molar refractivity (Wildman–Crippen MR) is 94.2 cm³/mol. The van der Waals surface area contributed by atoms with E-state index < -0.39 is 6.09 Å². The molecule has 2 aromatic rings.